The number of nitrogens with zero attached hydrogens (tertiary/aromatic N) is 5. The number of ether oxygens (including phenoxy) is 1. The molecule has 0 saturated carbocycles. The predicted octanol–water partition coefficient (Wildman–Crippen LogP) is 7.82. The minimum Gasteiger partial charge on any atom is -0.443 e. The molecule has 266 valence electrons. The molecule has 5 aromatic rings. The smallest absolute Gasteiger partial charge is 0.419 e. The van der Waals surface area contributed by atoms with Crippen molar-refractivity contribution < 1.29 is 31.9 Å². The van der Waals surface area contributed by atoms with Gasteiger partial charge in [-0.05, 0) is 83.9 Å². The van der Waals surface area contributed by atoms with Crippen LogP contribution in [0.2, 0.25) is 5.04 Å². The Morgan fingerprint density at radius 1 is 0.843 bits per heavy atom. The van der Waals surface area contributed by atoms with Crippen molar-refractivity contribution in [3.8, 4) is 11.4 Å². The highest BCUT2D eigenvalue weighted by atomic mass is 28.4. The molecule has 0 aliphatic heterocycles. The molecule has 4 aromatic carbocycles. The number of tetrazole rings is 1. The summed E-state index contributed by atoms with van der Waals surface area (Å²) in [6, 6.07) is 29.0. The summed E-state index contributed by atoms with van der Waals surface area (Å²) in [5, 5.41) is 15.1. The van der Waals surface area contributed by atoms with Crippen LogP contribution < -0.4 is 15.3 Å². The second-order valence-corrected chi connectivity index (χ2v) is 18.3. The first-order valence-corrected chi connectivity index (χ1v) is 18.3. The molecule has 1 heterocycles. The Morgan fingerprint density at radius 3 is 1.94 bits per heavy atom. The van der Waals surface area contributed by atoms with E-state index < -0.39 is 31.8 Å². The Kier molecular flexibility index (Phi) is 10.6. The highest BCUT2D eigenvalue weighted by Gasteiger charge is 2.50. The van der Waals surface area contributed by atoms with E-state index in [9.17, 15) is 22.8 Å². The molecule has 13 heteroatoms. The zero-order chi connectivity index (χ0) is 37.0. The molecule has 9 nitrogen and oxygen atoms in total. The highest BCUT2D eigenvalue weighted by molar-refractivity contribution is 6.99. The number of carbonyl (C=O) groups excluding carboxylic acids is 2. The number of aromatic nitrogens is 4. The second kappa shape index (κ2) is 14.6. The van der Waals surface area contributed by atoms with Gasteiger partial charge in [0.2, 0.25) is 5.82 Å². The fraction of sp³-hybridized carbons (Fsp3) is 0.289. The number of amides is 1. The lowest BCUT2D eigenvalue weighted by atomic mass is 10.1. The fourth-order valence-electron chi connectivity index (χ4n) is 5.94. The summed E-state index contributed by atoms with van der Waals surface area (Å²) in [6.07, 6.45) is -4.80. The lowest BCUT2D eigenvalue weighted by Gasteiger charge is -2.43. The third-order valence-corrected chi connectivity index (χ3v) is 13.2. The van der Waals surface area contributed by atoms with E-state index in [1.54, 1.807) is 20.8 Å². The van der Waals surface area contributed by atoms with Gasteiger partial charge in [0.05, 0.1) is 30.1 Å². The van der Waals surface area contributed by atoms with E-state index in [0.717, 1.165) is 27.4 Å². The Morgan fingerprint density at radius 2 is 1.43 bits per heavy atom. The number of rotatable bonds is 10. The molecule has 5 rings (SSSR count). The van der Waals surface area contributed by atoms with Crippen molar-refractivity contribution in [3.05, 3.63) is 114 Å². The number of benzene rings is 4. The summed E-state index contributed by atoms with van der Waals surface area (Å²) >= 11 is 0. The Bertz CT molecular complexity index is 1920. The molecule has 0 aliphatic carbocycles. The van der Waals surface area contributed by atoms with Crippen LogP contribution in [0.25, 0.3) is 11.4 Å². The van der Waals surface area contributed by atoms with Crippen molar-refractivity contribution in [1.29, 1.82) is 0 Å². The van der Waals surface area contributed by atoms with Gasteiger partial charge in [0.25, 0.3) is 8.32 Å². The van der Waals surface area contributed by atoms with Crippen LogP contribution in [-0.2, 0) is 21.9 Å². The quantitative estimate of drug-likeness (QED) is 0.107. The Labute approximate surface area is 296 Å². The molecule has 51 heavy (non-hydrogen) atoms. The van der Waals surface area contributed by atoms with Gasteiger partial charge in [0, 0.05) is 11.1 Å². The number of hydrogen-bond donors (Lipinski definition) is 0. The van der Waals surface area contributed by atoms with Crippen LogP contribution in [0.3, 0.4) is 0 Å². The predicted molar refractivity (Wildman–Crippen MR) is 192 cm³/mol. The summed E-state index contributed by atoms with van der Waals surface area (Å²) < 4.78 is 52.9. The van der Waals surface area contributed by atoms with Crippen molar-refractivity contribution in [2.24, 2.45) is 0 Å². The minimum atomic E-state index is -4.57. The molecular formula is C38H40F3N5O4Si. The molecule has 0 N–H and O–H groups in total. The molecule has 0 radical (unpaired) electrons. The molecule has 0 unspecified atom stereocenters. The SMILES string of the molecule is CC(C)(C)OC(=O)N(c1ccc(C(F)(F)F)cc1)c1ccc(C=O)cc1-c1nnn(CCO[Si](c2ccccc2)(c2ccccc2)C(C)(C)C)n1. The van der Waals surface area contributed by atoms with Crippen LogP contribution in [0.4, 0.5) is 29.3 Å². The van der Waals surface area contributed by atoms with Crippen LogP contribution in [0.15, 0.2) is 103 Å². The third kappa shape index (κ3) is 8.26. The lowest BCUT2D eigenvalue weighted by Crippen LogP contribution is -2.66. The van der Waals surface area contributed by atoms with Crippen molar-refractivity contribution in [2.75, 3.05) is 11.5 Å². The molecule has 0 spiro atoms. The van der Waals surface area contributed by atoms with E-state index in [4.69, 9.17) is 9.16 Å². The number of hydrogen-bond acceptors (Lipinski definition) is 7. The van der Waals surface area contributed by atoms with Gasteiger partial charge < -0.3 is 9.16 Å². The van der Waals surface area contributed by atoms with Gasteiger partial charge in [-0.25, -0.2) is 9.69 Å². The van der Waals surface area contributed by atoms with Gasteiger partial charge in [-0.2, -0.15) is 18.0 Å². The lowest BCUT2D eigenvalue weighted by molar-refractivity contribution is -0.137. The molecule has 0 fully saturated rings. The van der Waals surface area contributed by atoms with Crippen LogP contribution in [0.5, 0.6) is 0 Å². The minimum absolute atomic E-state index is 0.0830. The van der Waals surface area contributed by atoms with Gasteiger partial charge in [-0.3, -0.25) is 4.79 Å². The molecular weight excluding hydrogens is 676 g/mol. The van der Waals surface area contributed by atoms with Crippen molar-refractivity contribution in [2.45, 2.75) is 64.9 Å². The number of anilines is 2. The number of halogens is 3. The topological polar surface area (TPSA) is 99.4 Å². The normalized spacial score (nSPS) is 12.4. The summed E-state index contributed by atoms with van der Waals surface area (Å²) in [6.45, 7) is 12.0. The average Bonchev–Trinajstić information content (AvgIpc) is 3.55. The Hall–Kier alpha value is -5.14. The first kappa shape index (κ1) is 37.1. The first-order valence-electron chi connectivity index (χ1n) is 16.4. The van der Waals surface area contributed by atoms with Gasteiger partial charge in [0.15, 0.2) is 0 Å². The molecule has 0 bridgehead atoms. The zero-order valence-corrected chi connectivity index (χ0v) is 30.3. The van der Waals surface area contributed by atoms with Gasteiger partial charge >= 0.3 is 12.3 Å². The largest absolute Gasteiger partial charge is 0.443 e. The first-order chi connectivity index (χ1) is 24.0. The molecule has 0 aliphatic rings. The number of alkyl halides is 3. The highest BCUT2D eigenvalue weighted by Crippen LogP contribution is 2.39. The molecule has 1 aromatic heterocycles. The maximum absolute atomic E-state index is 13.7. The van der Waals surface area contributed by atoms with Crippen molar-refractivity contribution >= 4 is 42.4 Å². The average molecular weight is 716 g/mol. The Balaban J connectivity index is 1.51. The third-order valence-electron chi connectivity index (χ3n) is 8.15. The monoisotopic (exact) mass is 715 g/mol. The van der Waals surface area contributed by atoms with E-state index in [1.165, 1.54) is 35.1 Å². The van der Waals surface area contributed by atoms with Crippen LogP contribution in [0, 0.1) is 0 Å². The van der Waals surface area contributed by atoms with Crippen molar-refractivity contribution in [1.82, 2.24) is 20.2 Å². The van der Waals surface area contributed by atoms with E-state index in [1.807, 2.05) is 36.4 Å². The summed E-state index contributed by atoms with van der Waals surface area (Å²) in [5.41, 5.74) is -1.03. The maximum atomic E-state index is 13.7. The summed E-state index contributed by atoms with van der Waals surface area (Å²) in [5.74, 6) is 0.0830. The van der Waals surface area contributed by atoms with Gasteiger partial charge in [-0.1, -0.05) is 81.4 Å². The van der Waals surface area contributed by atoms with Gasteiger partial charge in [0.1, 0.15) is 11.9 Å². The molecule has 0 atom stereocenters. The van der Waals surface area contributed by atoms with Crippen molar-refractivity contribution in [3.63, 3.8) is 0 Å². The maximum Gasteiger partial charge on any atom is 0.419 e. The molecule has 0 saturated heterocycles. The van der Waals surface area contributed by atoms with Crippen LogP contribution >= 0.6 is 0 Å². The van der Waals surface area contributed by atoms with E-state index in [2.05, 4.69) is 60.4 Å². The second-order valence-electron chi connectivity index (χ2n) is 14.0. The van der Waals surface area contributed by atoms with Gasteiger partial charge in [-0.15, -0.1) is 10.2 Å². The fourth-order valence-corrected chi connectivity index (χ4v) is 10.5. The molecule has 1 amide bonds. The number of carbonyl (C=O) groups is 2. The van der Waals surface area contributed by atoms with Crippen LogP contribution in [0.1, 0.15) is 57.5 Å². The van der Waals surface area contributed by atoms with E-state index >= 15 is 0 Å². The van der Waals surface area contributed by atoms with E-state index in [0.29, 0.717) is 6.29 Å². The standard InChI is InChI=1S/C38H40F3N5O4Si/c1-36(2,3)50-35(48)46(29-20-18-28(19-21-29)38(39,40)41)33-22-17-27(26-47)25-32(33)34-42-44-45(43-34)23-24-49-51(37(4,5)6,30-13-9-7-10-14-30)31-15-11-8-12-16-31/h7-22,25-26H,23-24H2,1-6H3. The van der Waals surface area contributed by atoms with Crippen LogP contribution in [-0.4, -0.2) is 53.1 Å². The summed E-state index contributed by atoms with van der Waals surface area (Å²) in [4.78, 5) is 28.0. The van der Waals surface area contributed by atoms with E-state index in [-0.39, 0.29) is 46.5 Å². The number of aldehydes is 1. The zero-order valence-electron chi connectivity index (χ0n) is 29.3. The summed E-state index contributed by atoms with van der Waals surface area (Å²) in [7, 11) is -2.84.